The summed E-state index contributed by atoms with van der Waals surface area (Å²) in [5, 5.41) is 0. The molecule has 0 aliphatic carbocycles. The van der Waals surface area contributed by atoms with Gasteiger partial charge in [-0.1, -0.05) is 0 Å². The molecular formula is CH3Cl4MgOTi-. The summed E-state index contributed by atoms with van der Waals surface area (Å²) in [6.45, 7) is 3.25. The Bertz CT molecular complexity index is 47.0. The van der Waals surface area contributed by atoms with Crippen LogP contribution < -0.4 is 0 Å². The number of halogens is 4. The van der Waals surface area contributed by atoms with E-state index >= 15 is 0 Å². The van der Waals surface area contributed by atoms with Crippen molar-refractivity contribution in [3.63, 3.8) is 0 Å². The number of hydrogen-bond donors (Lipinski definition) is 0. The molecule has 0 N–H and O–H groups in total. The average Bonchev–Trinajstić information content (AvgIpc) is 1.36. The van der Waals surface area contributed by atoms with Crippen LogP contribution in [-0.2, 0) is 17.1 Å². The zero-order valence-electron chi connectivity index (χ0n) is 5.70. The van der Waals surface area contributed by atoms with Gasteiger partial charge in [0.2, 0.25) is 0 Å². The summed E-state index contributed by atoms with van der Waals surface area (Å²) in [5.41, 5.74) is 0. The SMILES string of the molecule is [CH-]=O.[Cl][Ti]([Cl])([Cl])[Cl].[H-].[H-].[Mg+2]. The molecule has 0 aromatic carbocycles. The molecule has 7 heteroatoms. The van der Waals surface area contributed by atoms with E-state index in [-0.39, 0.29) is 25.9 Å². The zero-order chi connectivity index (χ0) is 6.50. The Balaban J connectivity index is -0.0000000154. The van der Waals surface area contributed by atoms with Crippen molar-refractivity contribution in [1.82, 2.24) is 0 Å². The first-order valence-electron chi connectivity index (χ1n) is 0.992. The second kappa shape index (κ2) is 9.31. The molecule has 0 heterocycles. The Labute approximate surface area is 86.0 Å². The molecule has 0 aromatic heterocycles. The molecule has 0 saturated carbocycles. The molecule has 0 bridgehead atoms. The zero-order valence-corrected chi connectivity index (χ0v) is 9.70. The van der Waals surface area contributed by atoms with Crippen LogP contribution in [0.3, 0.4) is 0 Å². The predicted molar refractivity (Wildman–Crippen MR) is 38.1 cm³/mol. The van der Waals surface area contributed by atoms with Crippen LogP contribution in [0.5, 0.6) is 0 Å². The monoisotopic (exact) mass is 243 g/mol. The number of carbonyl (C=O) groups excluding carboxylic acids is 1. The van der Waals surface area contributed by atoms with Gasteiger partial charge < -0.3 is 7.65 Å². The summed E-state index contributed by atoms with van der Waals surface area (Å²) < 4.78 is 0. The van der Waals surface area contributed by atoms with Crippen LogP contribution in [0.4, 0.5) is 0 Å². The Hall–Kier alpha value is 2.31. The van der Waals surface area contributed by atoms with E-state index in [0.29, 0.717) is 0 Å². The van der Waals surface area contributed by atoms with E-state index in [9.17, 15) is 0 Å². The van der Waals surface area contributed by atoms with Gasteiger partial charge in [0.15, 0.2) is 0 Å². The van der Waals surface area contributed by atoms with Crippen molar-refractivity contribution in [2.24, 2.45) is 0 Å². The number of hydrogen-bond acceptors (Lipinski definition) is 1. The summed E-state index contributed by atoms with van der Waals surface area (Å²) in [4.78, 5) is 7.75. The van der Waals surface area contributed by atoms with Crippen molar-refractivity contribution in [1.29, 1.82) is 0 Å². The fraction of sp³-hybridized carbons (Fsp3) is 0. The molecule has 0 fully saturated rings. The van der Waals surface area contributed by atoms with Gasteiger partial charge in [0.25, 0.3) is 0 Å². The molecule has 0 spiro atoms. The molecule has 0 unspecified atom stereocenters. The molecule has 0 saturated heterocycles. The Morgan fingerprint density at radius 3 is 1.12 bits per heavy atom. The topological polar surface area (TPSA) is 17.1 Å². The summed E-state index contributed by atoms with van der Waals surface area (Å²) in [5.74, 6) is 0. The van der Waals surface area contributed by atoms with Crippen LogP contribution in [0.1, 0.15) is 2.85 Å². The van der Waals surface area contributed by atoms with Crippen LogP contribution in [0.2, 0.25) is 0 Å². The van der Waals surface area contributed by atoms with E-state index < -0.39 is 12.3 Å². The van der Waals surface area contributed by atoms with Crippen LogP contribution in [0.25, 0.3) is 0 Å². The molecule has 1 nitrogen and oxygen atoms in total. The van der Waals surface area contributed by atoms with E-state index in [1.165, 1.54) is 0 Å². The molecule has 0 aliphatic rings. The van der Waals surface area contributed by atoms with Gasteiger partial charge in [0.05, 0.1) is 0 Å². The van der Waals surface area contributed by atoms with Crippen molar-refractivity contribution in [2.75, 3.05) is 0 Å². The van der Waals surface area contributed by atoms with E-state index in [1.807, 2.05) is 0 Å². The third-order valence-corrected chi connectivity index (χ3v) is 0. The number of rotatable bonds is 0. The van der Waals surface area contributed by atoms with Gasteiger partial charge in [0, 0.05) is 0 Å². The minimum absolute atomic E-state index is 0. The molecule has 0 atom stereocenters. The molecule has 8 heavy (non-hydrogen) atoms. The smallest absolute Gasteiger partial charge is 1.00 e. The standard InChI is InChI=1S/CHO.4ClH.Mg.Ti.2H/c1-2;;;;;;;;/h1H;4*1H;;;;/q-1;;;;;+2;+4;2*-1/p-4. The van der Waals surface area contributed by atoms with Crippen molar-refractivity contribution in [3.8, 4) is 0 Å². The van der Waals surface area contributed by atoms with Crippen molar-refractivity contribution >= 4 is 67.1 Å². The second-order valence-electron chi connectivity index (χ2n) is 0.429. The Kier molecular flexibility index (Phi) is 19.5. The van der Waals surface area contributed by atoms with Crippen LogP contribution in [-0.4, -0.2) is 29.8 Å². The van der Waals surface area contributed by atoms with Gasteiger partial charge in [0.1, 0.15) is 0 Å². The molecular weight excluding hydrogens is 242 g/mol. The first-order valence-corrected chi connectivity index (χ1v) is 9.59. The second-order valence-corrected chi connectivity index (χ2v) is 15.9. The van der Waals surface area contributed by atoms with Gasteiger partial charge in [-0.05, 0) is 0 Å². The Morgan fingerprint density at radius 1 is 1.12 bits per heavy atom. The quantitative estimate of drug-likeness (QED) is 0.363. The summed E-state index contributed by atoms with van der Waals surface area (Å²) >= 11 is -3.11. The van der Waals surface area contributed by atoms with Crippen LogP contribution >= 0.6 is 37.2 Å². The first-order chi connectivity index (χ1) is 3.00. The minimum atomic E-state index is -3.11. The van der Waals surface area contributed by atoms with Crippen molar-refractivity contribution in [3.05, 3.63) is 0 Å². The van der Waals surface area contributed by atoms with Gasteiger partial charge in [-0.3, -0.25) is 6.79 Å². The maximum atomic E-state index is 7.75. The first kappa shape index (κ1) is 16.7. The minimum Gasteiger partial charge on any atom is -1.00 e. The van der Waals surface area contributed by atoms with Gasteiger partial charge in [-0.25, -0.2) is 0 Å². The van der Waals surface area contributed by atoms with Crippen molar-refractivity contribution in [2.45, 2.75) is 0 Å². The van der Waals surface area contributed by atoms with Gasteiger partial charge in [-0.15, -0.1) is 0 Å². The molecule has 0 rings (SSSR count). The molecule has 0 amide bonds. The van der Waals surface area contributed by atoms with E-state index in [0.717, 1.165) is 0 Å². The average molecular weight is 245 g/mol. The third-order valence-electron chi connectivity index (χ3n) is 0. The summed E-state index contributed by atoms with van der Waals surface area (Å²) in [7, 11) is 20.1. The van der Waals surface area contributed by atoms with Crippen molar-refractivity contribution < 1.29 is 20.0 Å². The molecule has 0 aromatic rings. The normalized spacial score (nSPS) is 8.00. The largest absolute Gasteiger partial charge is 2.00 e. The third kappa shape index (κ3) is 83.2. The fourth-order valence-corrected chi connectivity index (χ4v) is 0. The van der Waals surface area contributed by atoms with Gasteiger partial charge in [-0.2, -0.15) is 0 Å². The molecule has 48 valence electrons. The maximum absolute atomic E-state index is 7.75. The fourth-order valence-electron chi connectivity index (χ4n) is 0. The molecule has 0 radical (unpaired) electrons. The van der Waals surface area contributed by atoms with Crippen LogP contribution in [0.15, 0.2) is 0 Å². The van der Waals surface area contributed by atoms with Gasteiger partial charge >= 0.3 is 72.6 Å². The van der Waals surface area contributed by atoms with E-state index in [1.54, 1.807) is 0 Å². The van der Waals surface area contributed by atoms with Crippen LogP contribution in [0, 0.1) is 0 Å². The predicted octanol–water partition coefficient (Wildman–Crippen LogP) is 2.33. The summed E-state index contributed by atoms with van der Waals surface area (Å²) in [6.07, 6.45) is 0. The van der Waals surface area contributed by atoms with E-state index in [2.05, 4.69) is 6.79 Å². The Morgan fingerprint density at radius 2 is 1.12 bits per heavy atom. The maximum Gasteiger partial charge on any atom is 2.00 e. The molecule has 0 aliphatic heterocycles. The summed E-state index contributed by atoms with van der Waals surface area (Å²) in [6, 6.07) is 0. The van der Waals surface area contributed by atoms with E-state index in [4.69, 9.17) is 42.0 Å².